The van der Waals surface area contributed by atoms with Gasteiger partial charge in [0, 0.05) is 16.1 Å². The highest BCUT2D eigenvalue weighted by atomic mass is 79.9. The number of aromatic nitrogens is 2. The molecule has 0 aliphatic carbocycles. The Kier molecular flexibility index (Phi) is 3.05. The largest absolute Gasteiger partial charge is 0.481 e. The van der Waals surface area contributed by atoms with Gasteiger partial charge in [-0.1, -0.05) is 34.1 Å². The highest BCUT2D eigenvalue weighted by Crippen LogP contribution is 2.28. The van der Waals surface area contributed by atoms with E-state index in [1.165, 1.54) is 0 Å². The van der Waals surface area contributed by atoms with Crippen LogP contribution in [0.2, 0.25) is 0 Å². The molecule has 1 aromatic carbocycles. The van der Waals surface area contributed by atoms with Crippen LogP contribution in [0.15, 0.2) is 34.8 Å². The number of nitrogen functional groups attached to an aromatic ring is 1. The van der Waals surface area contributed by atoms with Crippen molar-refractivity contribution in [2.45, 2.75) is 0 Å². The van der Waals surface area contributed by atoms with Gasteiger partial charge in [0.2, 0.25) is 11.8 Å². The van der Waals surface area contributed by atoms with Crippen molar-refractivity contribution in [2.75, 3.05) is 12.8 Å². The van der Waals surface area contributed by atoms with E-state index in [0.717, 1.165) is 15.7 Å². The van der Waals surface area contributed by atoms with Crippen LogP contribution in [0, 0.1) is 0 Å². The smallest absolute Gasteiger partial charge is 0.223 e. The first kappa shape index (κ1) is 10.9. The number of hydrogen-bond acceptors (Lipinski definition) is 4. The summed E-state index contributed by atoms with van der Waals surface area (Å²) >= 11 is 3.46. The monoisotopic (exact) mass is 279 g/mol. The van der Waals surface area contributed by atoms with E-state index in [4.69, 9.17) is 10.5 Å². The van der Waals surface area contributed by atoms with Crippen LogP contribution >= 0.6 is 15.9 Å². The van der Waals surface area contributed by atoms with Crippen molar-refractivity contribution in [3.63, 3.8) is 0 Å². The van der Waals surface area contributed by atoms with E-state index in [9.17, 15) is 0 Å². The summed E-state index contributed by atoms with van der Waals surface area (Å²) in [6.45, 7) is 0. The molecule has 0 radical (unpaired) electrons. The third kappa shape index (κ3) is 2.14. The first-order valence-corrected chi connectivity index (χ1v) is 5.43. The van der Waals surface area contributed by atoms with Gasteiger partial charge < -0.3 is 10.5 Å². The molecular formula is C11H10BrN3O. The number of ether oxygens (including phenoxy) is 1. The molecule has 0 amide bonds. The van der Waals surface area contributed by atoms with E-state index in [2.05, 4.69) is 25.9 Å². The number of benzene rings is 1. The molecule has 0 atom stereocenters. The Balaban J connectivity index is 2.56. The number of nitrogens with zero attached hydrogens (tertiary/aromatic N) is 2. The molecule has 0 aliphatic heterocycles. The summed E-state index contributed by atoms with van der Waals surface area (Å²) in [6.07, 6.45) is 0. The molecule has 1 aromatic heterocycles. The second-order valence-electron chi connectivity index (χ2n) is 3.13. The van der Waals surface area contributed by atoms with Crippen LogP contribution in [0.4, 0.5) is 5.95 Å². The molecular weight excluding hydrogens is 270 g/mol. The Morgan fingerprint density at radius 3 is 2.69 bits per heavy atom. The predicted octanol–water partition coefficient (Wildman–Crippen LogP) is 2.50. The maximum atomic E-state index is 5.60. The van der Waals surface area contributed by atoms with E-state index in [-0.39, 0.29) is 5.95 Å². The highest BCUT2D eigenvalue weighted by Gasteiger charge is 2.07. The zero-order valence-corrected chi connectivity index (χ0v) is 10.2. The molecule has 2 rings (SSSR count). The van der Waals surface area contributed by atoms with E-state index < -0.39 is 0 Å². The van der Waals surface area contributed by atoms with Crippen LogP contribution < -0.4 is 10.5 Å². The van der Waals surface area contributed by atoms with Crippen molar-refractivity contribution in [3.05, 3.63) is 34.8 Å². The Morgan fingerprint density at radius 2 is 2.00 bits per heavy atom. The van der Waals surface area contributed by atoms with Gasteiger partial charge in [0.25, 0.3) is 0 Å². The SMILES string of the molecule is COc1cc(-c2ccccc2Br)nc(N)n1. The minimum atomic E-state index is 0.199. The lowest BCUT2D eigenvalue weighted by atomic mass is 10.1. The maximum absolute atomic E-state index is 5.60. The van der Waals surface area contributed by atoms with Gasteiger partial charge in [-0.05, 0) is 6.07 Å². The average Bonchev–Trinajstić information content (AvgIpc) is 2.28. The molecule has 0 unspecified atom stereocenters. The first-order valence-electron chi connectivity index (χ1n) is 4.64. The van der Waals surface area contributed by atoms with Crippen molar-refractivity contribution in [1.29, 1.82) is 0 Å². The molecule has 0 bridgehead atoms. The zero-order chi connectivity index (χ0) is 11.5. The molecule has 2 aromatic rings. The van der Waals surface area contributed by atoms with Crippen molar-refractivity contribution >= 4 is 21.9 Å². The molecule has 0 saturated carbocycles. The minimum absolute atomic E-state index is 0.199. The molecule has 0 fully saturated rings. The summed E-state index contributed by atoms with van der Waals surface area (Å²) in [5, 5.41) is 0. The second kappa shape index (κ2) is 4.49. The van der Waals surface area contributed by atoms with Crippen LogP contribution in [0.1, 0.15) is 0 Å². The van der Waals surface area contributed by atoms with Gasteiger partial charge in [-0.3, -0.25) is 0 Å². The summed E-state index contributed by atoms with van der Waals surface area (Å²) in [5.41, 5.74) is 7.29. The van der Waals surface area contributed by atoms with Crippen LogP contribution in [-0.4, -0.2) is 17.1 Å². The normalized spacial score (nSPS) is 10.1. The lowest BCUT2D eigenvalue weighted by Gasteiger charge is -2.06. The number of halogens is 1. The summed E-state index contributed by atoms with van der Waals surface area (Å²) in [7, 11) is 1.55. The molecule has 1 heterocycles. The summed E-state index contributed by atoms with van der Waals surface area (Å²) in [4.78, 5) is 8.11. The Hall–Kier alpha value is -1.62. The summed E-state index contributed by atoms with van der Waals surface area (Å²) in [5.74, 6) is 0.656. The first-order chi connectivity index (χ1) is 7.70. The molecule has 0 saturated heterocycles. The number of methoxy groups -OCH3 is 1. The highest BCUT2D eigenvalue weighted by molar-refractivity contribution is 9.10. The number of rotatable bonds is 2. The average molecular weight is 280 g/mol. The third-order valence-corrected chi connectivity index (χ3v) is 2.77. The molecule has 2 N–H and O–H groups in total. The summed E-state index contributed by atoms with van der Waals surface area (Å²) < 4.78 is 6.00. The Labute approximate surface area is 102 Å². The fourth-order valence-electron chi connectivity index (χ4n) is 1.35. The fraction of sp³-hybridized carbons (Fsp3) is 0.0909. The Bertz CT molecular complexity index is 516. The van der Waals surface area contributed by atoms with Crippen molar-refractivity contribution in [1.82, 2.24) is 9.97 Å². The summed E-state index contributed by atoms with van der Waals surface area (Å²) in [6, 6.07) is 9.52. The molecule has 16 heavy (non-hydrogen) atoms. The molecule has 0 spiro atoms. The van der Waals surface area contributed by atoms with Gasteiger partial charge in [-0.15, -0.1) is 0 Å². The van der Waals surface area contributed by atoms with E-state index in [0.29, 0.717) is 5.88 Å². The quantitative estimate of drug-likeness (QED) is 0.918. The van der Waals surface area contributed by atoms with Gasteiger partial charge in [-0.25, -0.2) is 4.98 Å². The third-order valence-electron chi connectivity index (χ3n) is 2.08. The van der Waals surface area contributed by atoms with Gasteiger partial charge in [0.05, 0.1) is 12.8 Å². The lowest BCUT2D eigenvalue weighted by molar-refractivity contribution is 0.398. The van der Waals surface area contributed by atoms with Crippen LogP contribution in [0.5, 0.6) is 5.88 Å². The van der Waals surface area contributed by atoms with Crippen LogP contribution in [0.25, 0.3) is 11.3 Å². The Morgan fingerprint density at radius 1 is 1.25 bits per heavy atom. The van der Waals surface area contributed by atoms with Gasteiger partial charge >= 0.3 is 0 Å². The van der Waals surface area contributed by atoms with Crippen molar-refractivity contribution in [2.24, 2.45) is 0 Å². The minimum Gasteiger partial charge on any atom is -0.481 e. The topological polar surface area (TPSA) is 61.0 Å². The molecule has 82 valence electrons. The standard InChI is InChI=1S/C11H10BrN3O/c1-16-10-6-9(14-11(13)15-10)7-4-2-3-5-8(7)12/h2-6H,1H3,(H2,13,14,15). The van der Waals surface area contributed by atoms with E-state index >= 15 is 0 Å². The zero-order valence-electron chi connectivity index (χ0n) is 8.64. The maximum Gasteiger partial charge on any atom is 0.223 e. The van der Waals surface area contributed by atoms with Crippen molar-refractivity contribution in [3.8, 4) is 17.1 Å². The molecule has 0 aliphatic rings. The van der Waals surface area contributed by atoms with E-state index in [1.807, 2.05) is 24.3 Å². The van der Waals surface area contributed by atoms with Crippen molar-refractivity contribution < 1.29 is 4.74 Å². The second-order valence-corrected chi connectivity index (χ2v) is 3.99. The number of nitrogens with two attached hydrogens (primary N) is 1. The molecule has 5 heteroatoms. The van der Waals surface area contributed by atoms with E-state index in [1.54, 1.807) is 13.2 Å². The number of hydrogen-bond donors (Lipinski definition) is 1. The van der Waals surface area contributed by atoms with Gasteiger partial charge in [0.1, 0.15) is 0 Å². The fourth-order valence-corrected chi connectivity index (χ4v) is 1.84. The predicted molar refractivity (Wildman–Crippen MR) is 66.1 cm³/mol. The molecule has 4 nitrogen and oxygen atoms in total. The van der Waals surface area contributed by atoms with Crippen LogP contribution in [0.3, 0.4) is 0 Å². The number of anilines is 1. The van der Waals surface area contributed by atoms with Gasteiger partial charge in [0.15, 0.2) is 0 Å². The van der Waals surface area contributed by atoms with Crippen LogP contribution in [-0.2, 0) is 0 Å². The van der Waals surface area contributed by atoms with Gasteiger partial charge in [-0.2, -0.15) is 4.98 Å². The lowest BCUT2D eigenvalue weighted by Crippen LogP contribution is -1.99.